The molecule has 1 unspecified atom stereocenters. The summed E-state index contributed by atoms with van der Waals surface area (Å²) in [6.07, 6.45) is 1.74. The number of aryl methyl sites for hydroxylation is 1. The number of methoxy groups -OCH3 is 1. The Labute approximate surface area is 215 Å². The first-order valence-corrected chi connectivity index (χ1v) is 12.9. The molecule has 2 N–H and O–H groups in total. The van der Waals surface area contributed by atoms with E-state index in [2.05, 4.69) is 10.3 Å². The van der Waals surface area contributed by atoms with Gasteiger partial charge in [-0.1, -0.05) is 41.7 Å². The molecular formula is C27H23N3O4S2. The number of aromatic nitrogens is 1. The molecule has 2 aromatic carbocycles. The van der Waals surface area contributed by atoms with Gasteiger partial charge in [0, 0.05) is 10.6 Å². The predicted molar refractivity (Wildman–Crippen MR) is 143 cm³/mol. The van der Waals surface area contributed by atoms with E-state index in [1.165, 1.54) is 35.8 Å². The Morgan fingerprint density at radius 3 is 2.69 bits per heavy atom. The molecule has 5 rings (SSSR count). The smallest absolute Gasteiger partial charge is 0.271 e. The van der Waals surface area contributed by atoms with E-state index in [9.17, 15) is 14.7 Å². The lowest BCUT2D eigenvalue weighted by atomic mass is 10.0. The Bertz CT molecular complexity index is 1680. The number of hydrogen-bond acceptors (Lipinski definition) is 7. The van der Waals surface area contributed by atoms with E-state index in [0.29, 0.717) is 37.6 Å². The largest absolute Gasteiger partial charge is 0.504 e. The fraction of sp³-hybridized carbons (Fsp3) is 0.148. The number of allylic oxidation sites excluding steroid dienone is 1. The normalized spacial score (nSPS) is 15.4. The fourth-order valence-electron chi connectivity index (χ4n) is 4.17. The zero-order valence-electron chi connectivity index (χ0n) is 19.8. The van der Waals surface area contributed by atoms with Crippen molar-refractivity contribution in [1.82, 2.24) is 4.57 Å². The monoisotopic (exact) mass is 517 g/mol. The third-order valence-electron chi connectivity index (χ3n) is 5.97. The second-order valence-electron chi connectivity index (χ2n) is 8.30. The van der Waals surface area contributed by atoms with Gasteiger partial charge in [-0.25, -0.2) is 4.99 Å². The minimum atomic E-state index is -0.596. The lowest BCUT2D eigenvalue weighted by Gasteiger charge is -2.24. The molecule has 0 fully saturated rings. The molecule has 0 aliphatic carbocycles. The number of fused-ring (bicyclic) bond motifs is 1. The number of carbonyl (C=O) groups excluding carboxylic acids is 1. The number of nitrogens with zero attached hydrogens (tertiary/aromatic N) is 2. The summed E-state index contributed by atoms with van der Waals surface area (Å²) in [7, 11) is 1.47. The van der Waals surface area contributed by atoms with Gasteiger partial charge in [-0.2, -0.15) is 0 Å². The average Bonchev–Trinajstić information content (AvgIpc) is 3.49. The number of thiophene rings is 1. The number of rotatable bonds is 5. The topological polar surface area (TPSA) is 92.9 Å². The van der Waals surface area contributed by atoms with Crippen molar-refractivity contribution in [1.29, 1.82) is 0 Å². The van der Waals surface area contributed by atoms with Gasteiger partial charge in [-0.15, -0.1) is 11.3 Å². The van der Waals surface area contributed by atoms with E-state index in [-0.39, 0.29) is 17.2 Å². The highest BCUT2D eigenvalue weighted by Gasteiger charge is 2.33. The minimum Gasteiger partial charge on any atom is -0.504 e. The molecule has 36 heavy (non-hydrogen) atoms. The van der Waals surface area contributed by atoms with Crippen LogP contribution in [-0.2, 0) is 4.79 Å². The summed E-state index contributed by atoms with van der Waals surface area (Å²) in [6, 6.07) is 15.7. The van der Waals surface area contributed by atoms with Gasteiger partial charge in [0.1, 0.15) is 6.04 Å². The summed E-state index contributed by atoms with van der Waals surface area (Å²) in [4.78, 5) is 33.3. The van der Waals surface area contributed by atoms with E-state index in [1.807, 2.05) is 48.7 Å². The summed E-state index contributed by atoms with van der Waals surface area (Å²) in [5, 5.41) is 14.8. The number of amides is 1. The zero-order valence-corrected chi connectivity index (χ0v) is 21.4. The van der Waals surface area contributed by atoms with Gasteiger partial charge < -0.3 is 15.2 Å². The molecule has 3 heterocycles. The van der Waals surface area contributed by atoms with Crippen molar-refractivity contribution < 1.29 is 14.6 Å². The fourth-order valence-corrected chi connectivity index (χ4v) is 6.04. The molecule has 1 aliphatic rings. The SMILES string of the molecule is COc1cc(C=c2sc3n(c2=O)C(c2cccs2)C(C(=O)Nc2ccccc2C)=C(C)N=3)ccc1O. The number of carbonyl (C=O) groups is 1. The van der Waals surface area contributed by atoms with Crippen LogP contribution in [-0.4, -0.2) is 22.7 Å². The molecule has 9 heteroatoms. The van der Waals surface area contributed by atoms with E-state index in [0.717, 1.165) is 10.4 Å². The van der Waals surface area contributed by atoms with Gasteiger partial charge in [-0.05, 0) is 60.7 Å². The minimum absolute atomic E-state index is 0.0220. The van der Waals surface area contributed by atoms with Crippen LogP contribution in [0.5, 0.6) is 11.5 Å². The highest BCUT2D eigenvalue weighted by Crippen LogP contribution is 2.33. The number of thiazole rings is 1. The standard InChI is InChI=1S/C27H23N3O4S2/c1-15-7-4-5-8-18(15)29-25(32)23-16(2)28-27-30(24(23)21-9-6-12-35-21)26(33)22(36-27)14-17-10-11-19(31)20(13-17)34-3/h4-14,24,31H,1-3H3,(H,29,32). The molecule has 0 saturated heterocycles. The van der Waals surface area contributed by atoms with E-state index >= 15 is 0 Å². The number of phenolic OH excluding ortho intramolecular Hbond substituents is 1. The molecule has 182 valence electrons. The number of phenols is 1. The van der Waals surface area contributed by atoms with Gasteiger partial charge in [0.2, 0.25) is 0 Å². The van der Waals surface area contributed by atoms with E-state index < -0.39 is 6.04 Å². The van der Waals surface area contributed by atoms with Crippen molar-refractivity contribution in [2.24, 2.45) is 4.99 Å². The molecule has 0 saturated carbocycles. The van der Waals surface area contributed by atoms with Crippen LogP contribution < -0.4 is 24.9 Å². The molecule has 0 bridgehead atoms. The maximum atomic E-state index is 13.7. The number of aromatic hydroxyl groups is 1. The third-order valence-corrected chi connectivity index (χ3v) is 7.88. The quantitative estimate of drug-likeness (QED) is 0.419. The van der Waals surface area contributed by atoms with Gasteiger partial charge in [0.15, 0.2) is 16.3 Å². The molecule has 0 spiro atoms. The van der Waals surface area contributed by atoms with Gasteiger partial charge in [0.05, 0.1) is 22.9 Å². The van der Waals surface area contributed by atoms with Crippen molar-refractivity contribution in [3.8, 4) is 11.5 Å². The first-order valence-electron chi connectivity index (χ1n) is 11.2. The molecule has 0 radical (unpaired) electrons. The van der Waals surface area contributed by atoms with Crippen LogP contribution in [0.1, 0.15) is 29.0 Å². The Morgan fingerprint density at radius 2 is 1.97 bits per heavy atom. The van der Waals surface area contributed by atoms with Crippen LogP contribution >= 0.6 is 22.7 Å². The number of anilines is 1. The van der Waals surface area contributed by atoms with Crippen LogP contribution in [0.25, 0.3) is 6.08 Å². The molecule has 1 atom stereocenters. The maximum absolute atomic E-state index is 13.7. The van der Waals surface area contributed by atoms with Gasteiger partial charge in [-0.3, -0.25) is 14.2 Å². The summed E-state index contributed by atoms with van der Waals surface area (Å²) in [5.41, 5.74) is 3.13. The maximum Gasteiger partial charge on any atom is 0.271 e. The molecule has 1 amide bonds. The zero-order chi connectivity index (χ0) is 25.4. The number of benzene rings is 2. The Kier molecular flexibility index (Phi) is 6.34. The highest BCUT2D eigenvalue weighted by molar-refractivity contribution is 7.10. The summed E-state index contributed by atoms with van der Waals surface area (Å²) < 4.78 is 7.26. The molecule has 1 aliphatic heterocycles. The third kappa shape index (κ3) is 4.27. The van der Waals surface area contributed by atoms with Crippen molar-refractivity contribution >= 4 is 40.3 Å². The van der Waals surface area contributed by atoms with Gasteiger partial charge >= 0.3 is 0 Å². The summed E-state index contributed by atoms with van der Waals surface area (Å²) in [6.45, 7) is 3.73. The van der Waals surface area contributed by atoms with Crippen molar-refractivity contribution in [2.45, 2.75) is 19.9 Å². The van der Waals surface area contributed by atoms with E-state index in [4.69, 9.17) is 4.74 Å². The number of para-hydroxylation sites is 1. The second kappa shape index (κ2) is 9.60. The molecule has 2 aromatic heterocycles. The van der Waals surface area contributed by atoms with Crippen molar-refractivity contribution in [3.63, 3.8) is 0 Å². The summed E-state index contributed by atoms with van der Waals surface area (Å²) in [5.74, 6) is 0.0502. The van der Waals surface area contributed by atoms with Crippen LogP contribution in [0.2, 0.25) is 0 Å². The first-order chi connectivity index (χ1) is 17.4. The Balaban J connectivity index is 1.64. The van der Waals surface area contributed by atoms with Crippen molar-refractivity contribution in [3.05, 3.63) is 107 Å². The Hall–Kier alpha value is -3.95. The predicted octanol–water partition coefficient (Wildman–Crippen LogP) is 3.96. The first kappa shape index (κ1) is 23.8. The van der Waals surface area contributed by atoms with Crippen molar-refractivity contribution in [2.75, 3.05) is 12.4 Å². The molecule has 7 nitrogen and oxygen atoms in total. The van der Waals surface area contributed by atoms with Crippen LogP contribution in [0.4, 0.5) is 5.69 Å². The molecule has 4 aromatic rings. The van der Waals surface area contributed by atoms with Crippen LogP contribution in [0.15, 0.2) is 81.0 Å². The van der Waals surface area contributed by atoms with Crippen LogP contribution in [0.3, 0.4) is 0 Å². The Morgan fingerprint density at radius 1 is 1.17 bits per heavy atom. The number of ether oxygens (including phenoxy) is 1. The lowest BCUT2D eigenvalue weighted by Crippen LogP contribution is -2.40. The second-order valence-corrected chi connectivity index (χ2v) is 10.3. The summed E-state index contributed by atoms with van der Waals surface area (Å²) >= 11 is 2.75. The lowest BCUT2D eigenvalue weighted by molar-refractivity contribution is -0.113. The average molecular weight is 518 g/mol. The van der Waals surface area contributed by atoms with Gasteiger partial charge in [0.25, 0.3) is 11.5 Å². The highest BCUT2D eigenvalue weighted by atomic mass is 32.1. The molecular weight excluding hydrogens is 494 g/mol. The number of nitrogens with one attached hydrogen (secondary N) is 1. The number of hydrogen-bond donors (Lipinski definition) is 2. The van der Waals surface area contributed by atoms with Crippen LogP contribution in [0, 0.1) is 6.92 Å². The van der Waals surface area contributed by atoms with E-state index in [1.54, 1.807) is 29.7 Å².